The zero-order valence-electron chi connectivity index (χ0n) is 17.9. The van der Waals surface area contributed by atoms with Crippen molar-refractivity contribution >= 4 is 34.9 Å². The molecular formula is C24H30N2O4S. The number of hydrogen-bond donors (Lipinski definition) is 2. The third-order valence-electron chi connectivity index (χ3n) is 4.42. The molecule has 0 fully saturated rings. The molecule has 0 radical (unpaired) electrons. The largest absolute Gasteiger partial charge is 0.494 e. The van der Waals surface area contributed by atoms with E-state index in [-0.39, 0.29) is 17.0 Å². The number of anilines is 1. The van der Waals surface area contributed by atoms with E-state index in [4.69, 9.17) is 21.7 Å². The molecule has 0 aliphatic carbocycles. The van der Waals surface area contributed by atoms with Crippen LogP contribution in [0.25, 0.3) is 0 Å². The van der Waals surface area contributed by atoms with Crippen molar-refractivity contribution in [3.05, 3.63) is 60.2 Å². The van der Waals surface area contributed by atoms with Crippen LogP contribution in [0.3, 0.4) is 0 Å². The van der Waals surface area contributed by atoms with Gasteiger partial charge in [0.1, 0.15) is 5.75 Å². The number of ether oxygens (including phenoxy) is 2. The summed E-state index contributed by atoms with van der Waals surface area (Å²) in [6.07, 6.45) is 5.13. The fraction of sp³-hybridized carbons (Fsp3) is 0.375. The number of rotatable bonds is 12. The molecule has 0 aliphatic heterocycles. The maximum atomic E-state index is 12.0. The smallest absolute Gasteiger partial charge is 0.338 e. The predicted molar refractivity (Wildman–Crippen MR) is 126 cm³/mol. The SMILES string of the molecule is CCCCCCOC(=O)c1ccc(NC(=S)NC(=O)CCCOc2ccccc2)cc1. The normalized spacial score (nSPS) is 10.2. The highest BCUT2D eigenvalue weighted by atomic mass is 32.1. The molecule has 0 saturated carbocycles. The Kier molecular flexibility index (Phi) is 11.1. The highest BCUT2D eigenvalue weighted by Gasteiger charge is 2.08. The number of unbranched alkanes of at least 4 members (excludes halogenated alkanes) is 3. The number of nitrogens with one attached hydrogen (secondary N) is 2. The van der Waals surface area contributed by atoms with Crippen molar-refractivity contribution in [1.82, 2.24) is 5.32 Å². The zero-order chi connectivity index (χ0) is 22.3. The molecule has 0 saturated heterocycles. The van der Waals surface area contributed by atoms with Crippen LogP contribution in [0.5, 0.6) is 5.75 Å². The van der Waals surface area contributed by atoms with Crippen molar-refractivity contribution in [3.63, 3.8) is 0 Å². The Morgan fingerprint density at radius 3 is 2.35 bits per heavy atom. The molecule has 0 aromatic heterocycles. The topological polar surface area (TPSA) is 76.7 Å². The van der Waals surface area contributed by atoms with E-state index in [1.54, 1.807) is 24.3 Å². The van der Waals surface area contributed by atoms with Crippen LogP contribution in [-0.2, 0) is 9.53 Å². The fourth-order valence-corrected chi connectivity index (χ4v) is 2.99. The lowest BCUT2D eigenvalue weighted by molar-refractivity contribution is -0.119. The number of carbonyl (C=O) groups excluding carboxylic acids is 2. The van der Waals surface area contributed by atoms with Gasteiger partial charge in [-0.15, -0.1) is 0 Å². The minimum absolute atomic E-state index is 0.183. The number of carbonyl (C=O) groups is 2. The Bertz CT molecular complexity index is 825. The van der Waals surface area contributed by atoms with Gasteiger partial charge in [0.2, 0.25) is 5.91 Å². The van der Waals surface area contributed by atoms with Gasteiger partial charge in [-0.05, 0) is 61.5 Å². The Labute approximate surface area is 189 Å². The molecule has 2 aromatic rings. The molecule has 31 heavy (non-hydrogen) atoms. The maximum Gasteiger partial charge on any atom is 0.338 e. The summed E-state index contributed by atoms with van der Waals surface area (Å²) in [4.78, 5) is 24.0. The first-order valence-electron chi connectivity index (χ1n) is 10.6. The van der Waals surface area contributed by atoms with E-state index in [1.165, 1.54) is 0 Å². The van der Waals surface area contributed by atoms with Gasteiger partial charge in [-0.1, -0.05) is 44.4 Å². The third-order valence-corrected chi connectivity index (χ3v) is 4.63. The summed E-state index contributed by atoms with van der Waals surface area (Å²) in [5.74, 6) is 0.262. The van der Waals surface area contributed by atoms with Crippen LogP contribution in [0.15, 0.2) is 54.6 Å². The lowest BCUT2D eigenvalue weighted by atomic mass is 10.2. The Morgan fingerprint density at radius 1 is 0.903 bits per heavy atom. The summed E-state index contributed by atoms with van der Waals surface area (Å²) in [6.45, 7) is 3.03. The number of benzene rings is 2. The van der Waals surface area contributed by atoms with E-state index in [9.17, 15) is 9.59 Å². The van der Waals surface area contributed by atoms with Crippen molar-refractivity contribution < 1.29 is 19.1 Å². The van der Waals surface area contributed by atoms with Gasteiger partial charge in [0.25, 0.3) is 0 Å². The average molecular weight is 443 g/mol. The Morgan fingerprint density at radius 2 is 1.65 bits per heavy atom. The average Bonchev–Trinajstić information content (AvgIpc) is 2.77. The molecule has 7 heteroatoms. The highest BCUT2D eigenvalue weighted by molar-refractivity contribution is 7.80. The zero-order valence-corrected chi connectivity index (χ0v) is 18.7. The van der Waals surface area contributed by atoms with Crippen molar-refractivity contribution in [2.75, 3.05) is 18.5 Å². The Hall–Kier alpha value is -2.93. The number of hydrogen-bond acceptors (Lipinski definition) is 5. The van der Waals surface area contributed by atoms with Crippen LogP contribution in [-0.4, -0.2) is 30.2 Å². The molecule has 0 bridgehead atoms. The van der Waals surface area contributed by atoms with Crippen molar-refractivity contribution in [2.24, 2.45) is 0 Å². The lowest BCUT2D eigenvalue weighted by Gasteiger charge is -2.10. The first kappa shape index (κ1) is 24.3. The second-order valence-electron chi connectivity index (χ2n) is 7.04. The number of amides is 1. The van der Waals surface area contributed by atoms with E-state index < -0.39 is 0 Å². The molecule has 2 rings (SSSR count). The van der Waals surface area contributed by atoms with E-state index in [0.29, 0.717) is 37.3 Å². The fourth-order valence-electron chi connectivity index (χ4n) is 2.76. The van der Waals surface area contributed by atoms with Gasteiger partial charge in [-0.25, -0.2) is 4.79 Å². The van der Waals surface area contributed by atoms with Crippen LogP contribution in [0.1, 0.15) is 55.8 Å². The van der Waals surface area contributed by atoms with Gasteiger partial charge < -0.3 is 20.1 Å². The molecule has 166 valence electrons. The number of esters is 1. The third kappa shape index (κ3) is 10.1. The maximum absolute atomic E-state index is 12.0. The van der Waals surface area contributed by atoms with Crippen molar-refractivity contribution in [2.45, 2.75) is 45.4 Å². The van der Waals surface area contributed by atoms with Gasteiger partial charge in [0, 0.05) is 12.1 Å². The quantitative estimate of drug-likeness (QED) is 0.271. The molecule has 0 spiro atoms. The van der Waals surface area contributed by atoms with Gasteiger partial charge in [-0.3, -0.25) is 4.79 Å². The molecule has 1 amide bonds. The first-order valence-corrected chi connectivity index (χ1v) is 11.0. The molecule has 2 aromatic carbocycles. The second-order valence-corrected chi connectivity index (χ2v) is 7.45. The monoisotopic (exact) mass is 442 g/mol. The van der Waals surface area contributed by atoms with E-state index >= 15 is 0 Å². The van der Waals surface area contributed by atoms with Crippen LogP contribution < -0.4 is 15.4 Å². The minimum atomic E-state index is -0.336. The predicted octanol–water partition coefficient (Wildman–Crippen LogP) is 5.10. The standard InChI is InChI=1S/C24H30N2O4S/c1-2-3-4-8-17-30-23(28)19-13-15-20(16-14-19)25-24(31)26-22(27)12-9-18-29-21-10-6-5-7-11-21/h5-7,10-11,13-16H,2-4,8-9,12,17-18H2,1H3,(H2,25,26,27,31). The summed E-state index contributed by atoms with van der Waals surface area (Å²) in [6, 6.07) is 16.2. The molecule has 6 nitrogen and oxygen atoms in total. The minimum Gasteiger partial charge on any atom is -0.494 e. The molecular weight excluding hydrogens is 412 g/mol. The highest BCUT2D eigenvalue weighted by Crippen LogP contribution is 2.12. The molecule has 0 atom stereocenters. The summed E-state index contributed by atoms with van der Waals surface area (Å²) in [7, 11) is 0. The molecule has 0 aliphatic rings. The second kappa shape index (κ2) is 14.1. The van der Waals surface area contributed by atoms with Gasteiger partial charge >= 0.3 is 5.97 Å². The van der Waals surface area contributed by atoms with E-state index in [1.807, 2.05) is 30.3 Å². The van der Waals surface area contributed by atoms with Crippen molar-refractivity contribution in [3.8, 4) is 5.75 Å². The lowest BCUT2D eigenvalue weighted by Crippen LogP contribution is -2.34. The summed E-state index contributed by atoms with van der Waals surface area (Å²) in [5.41, 5.74) is 1.16. The van der Waals surface area contributed by atoms with Gasteiger partial charge in [0.15, 0.2) is 5.11 Å². The Balaban J connectivity index is 1.64. The first-order chi connectivity index (χ1) is 15.1. The molecule has 0 unspecified atom stereocenters. The van der Waals surface area contributed by atoms with Crippen LogP contribution >= 0.6 is 12.2 Å². The van der Waals surface area contributed by atoms with Gasteiger partial charge in [-0.2, -0.15) is 0 Å². The van der Waals surface area contributed by atoms with E-state index in [2.05, 4.69) is 17.6 Å². The van der Waals surface area contributed by atoms with Crippen molar-refractivity contribution in [1.29, 1.82) is 0 Å². The van der Waals surface area contributed by atoms with Crippen LogP contribution in [0.4, 0.5) is 5.69 Å². The van der Waals surface area contributed by atoms with Crippen LogP contribution in [0.2, 0.25) is 0 Å². The summed E-state index contributed by atoms with van der Waals surface area (Å²) < 4.78 is 10.8. The number of para-hydroxylation sites is 1. The number of thiocarbonyl (C=S) groups is 1. The van der Waals surface area contributed by atoms with Gasteiger partial charge in [0.05, 0.1) is 18.8 Å². The molecule has 0 heterocycles. The summed E-state index contributed by atoms with van der Waals surface area (Å²) in [5, 5.41) is 5.79. The van der Waals surface area contributed by atoms with E-state index in [0.717, 1.165) is 31.4 Å². The molecule has 2 N–H and O–H groups in total. The van der Waals surface area contributed by atoms with Crippen LogP contribution in [0, 0.1) is 0 Å². The summed E-state index contributed by atoms with van der Waals surface area (Å²) >= 11 is 5.18.